The Morgan fingerprint density at radius 2 is 0.600 bits per heavy atom. The van der Waals surface area contributed by atoms with E-state index in [1.807, 2.05) is 121 Å². The summed E-state index contributed by atoms with van der Waals surface area (Å²) >= 11 is 0. The molecule has 2 aliphatic heterocycles. The Morgan fingerprint density at radius 1 is 0.340 bits per heavy atom. The van der Waals surface area contributed by atoms with E-state index in [9.17, 15) is 0 Å². The summed E-state index contributed by atoms with van der Waals surface area (Å²) in [5.41, 5.74) is 12.3. The van der Waals surface area contributed by atoms with Gasteiger partial charge in [-0.1, -0.05) is 48.5 Å². The predicted octanol–water partition coefficient (Wildman–Crippen LogP) is 7.33. The smallest absolute Gasteiger partial charge is 0.657 e. The zero-order valence-corrected chi connectivity index (χ0v) is 27.4. The maximum Gasteiger partial charge on any atom is 2.00 e. The van der Waals surface area contributed by atoms with Crippen LogP contribution in [0.5, 0.6) is 0 Å². The number of fused-ring (bicyclic) bond motifs is 8. The number of nitrogens with zero attached hydrogens (tertiary/aromatic N) is 8. The predicted molar refractivity (Wildman–Crippen MR) is 193 cm³/mol. The number of hydrogen-bond acceptors (Lipinski definition) is 6. The van der Waals surface area contributed by atoms with Crippen molar-refractivity contribution in [3.8, 4) is 45.0 Å². The van der Waals surface area contributed by atoms with E-state index in [-0.39, 0.29) is 22.5 Å². The van der Waals surface area contributed by atoms with Crippen LogP contribution in [0.3, 0.4) is 0 Å². The summed E-state index contributed by atoms with van der Waals surface area (Å²) in [7, 11) is 0. The van der Waals surface area contributed by atoms with Gasteiger partial charge in [-0.3, -0.25) is 19.9 Å². The van der Waals surface area contributed by atoms with E-state index in [4.69, 9.17) is 39.9 Å². The van der Waals surface area contributed by atoms with Crippen LogP contribution in [0.2, 0.25) is 0 Å². The fraction of sp³-hybridized carbons (Fsp3) is 0. The monoisotopic (exact) mass is 690 g/mol. The zero-order valence-electron chi connectivity index (χ0n) is 26.3. The van der Waals surface area contributed by atoms with Crippen LogP contribution in [0.4, 0.5) is 0 Å². The number of pyridine rings is 4. The van der Waals surface area contributed by atoms with Crippen molar-refractivity contribution in [3.05, 3.63) is 145 Å². The summed E-state index contributed by atoms with van der Waals surface area (Å²) < 4.78 is 0. The van der Waals surface area contributed by atoms with Crippen molar-refractivity contribution in [3.63, 3.8) is 0 Å². The van der Waals surface area contributed by atoms with Crippen LogP contribution in [-0.4, -0.2) is 35.4 Å². The molecule has 0 fully saturated rings. The molecule has 2 N–H and O–H groups in total. The Balaban J connectivity index is 0.00000196. The molecule has 0 saturated carbocycles. The first-order chi connectivity index (χ1) is 23.8. The first kappa shape index (κ1) is 32.2. The first-order valence-electron chi connectivity index (χ1n) is 15.5. The normalized spacial score (nSPS) is 11.5. The standard InChI is InChI=1S/C40H24N8.Fe.H2O/c1-5-21-41-25(9-1)37-29-13-15-31(45-29)38(26-10-2-6-22-42-26)33-17-19-35(47-33)40(28-12-4-8-24-44-28)36-20-18-34(48-36)39(27-11-3-7-23-43-27)32-16-14-30(37)46-32;;/h1-24H;;1H2/q-2;+2;. The molecule has 7 aromatic rings. The second kappa shape index (κ2) is 13.7. The SMILES string of the molecule is C1=Cc2nc1c(-c1ccccn1)c1ccc([n-]1)c(-c1ccccn1)c1nc(c(-c3ccccn3)c3ccc([n-]3)c2-c2ccccn2)C=C1.O.[Fe+2]. The molecular formula is C40H26FeN8O. The summed E-state index contributed by atoms with van der Waals surface area (Å²) in [5, 5.41) is 0. The van der Waals surface area contributed by atoms with Gasteiger partial charge in [0.05, 0.1) is 45.6 Å². The van der Waals surface area contributed by atoms with Crippen LogP contribution in [0.1, 0.15) is 22.8 Å². The van der Waals surface area contributed by atoms with E-state index in [2.05, 4.69) is 0 Å². The van der Waals surface area contributed by atoms with Gasteiger partial charge in [-0.15, -0.1) is 22.1 Å². The largest absolute Gasteiger partial charge is 2.00 e. The summed E-state index contributed by atoms with van der Waals surface area (Å²) in [6, 6.07) is 31.5. The minimum atomic E-state index is 0. The van der Waals surface area contributed by atoms with Gasteiger partial charge in [-0.05, 0) is 72.8 Å². The summed E-state index contributed by atoms with van der Waals surface area (Å²) in [6.07, 6.45) is 15.2. The molecule has 0 aliphatic carbocycles. The molecule has 0 atom stereocenters. The van der Waals surface area contributed by atoms with E-state index in [0.29, 0.717) is 0 Å². The van der Waals surface area contributed by atoms with Crippen molar-refractivity contribution < 1.29 is 22.5 Å². The van der Waals surface area contributed by atoms with Gasteiger partial charge in [0.25, 0.3) is 0 Å². The van der Waals surface area contributed by atoms with Gasteiger partial charge in [-0.2, -0.15) is 0 Å². The van der Waals surface area contributed by atoms with Crippen LogP contribution in [0, 0.1) is 0 Å². The molecule has 240 valence electrons. The second-order valence-corrected chi connectivity index (χ2v) is 11.2. The van der Waals surface area contributed by atoms with E-state index in [0.717, 1.165) is 89.9 Å². The molecule has 10 heteroatoms. The van der Waals surface area contributed by atoms with Crippen molar-refractivity contribution in [2.24, 2.45) is 0 Å². The molecule has 0 amide bonds. The molecule has 0 saturated heterocycles. The Bertz CT molecular complexity index is 2200. The molecule has 0 radical (unpaired) electrons. The maximum atomic E-state index is 5.20. The fourth-order valence-electron chi connectivity index (χ4n) is 6.18. The minimum absolute atomic E-state index is 0. The summed E-state index contributed by atoms with van der Waals surface area (Å²) in [5.74, 6) is 0. The molecule has 7 aromatic heterocycles. The average molecular weight is 691 g/mol. The molecule has 0 aromatic carbocycles. The Morgan fingerprint density at radius 3 is 0.820 bits per heavy atom. The molecule has 2 aliphatic rings. The summed E-state index contributed by atoms with van der Waals surface area (Å²) in [4.78, 5) is 39.7. The van der Waals surface area contributed by atoms with Crippen molar-refractivity contribution >= 4 is 46.4 Å². The van der Waals surface area contributed by atoms with Gasteiger partial charge >= 0.3 is 17.1 Å². The number of hydrogen-bond donors (Lipinski definition) is 0. The molecule has 9 nitrogen and oxygen atoms in total. The van der Waals surface area contributed by atoms with E-state index in [1.54, 1.807) is 24.8 Å². The Hall–Kier alpha value is -6.32. The van der Waals surface area contributed by atoms with Crippen molar-refractivity contribution in [1.82, 2.24) is 39.9 Å². The van der Waals surface area contributed by atoms with Gasteiger partial charge < -0.3 is 15.4 Å². The van der Waals surface area contributed by atoms with Crippen molar-refractivity contribution in [1.29, 1.82) is 0 Å². The quantitative estimate of drug-likeness (QED) is 0.175. The van der Waals surface area contributed by atoms with Crippen LogP contribution in [-0.2, 0) is 17.1 Å². The van der Waals surface area contributed by atoms with Crippen LogP contribution in [0.15, 0.2) is 122 Å². The molecule has 50 heavy (non-hydrogen) atoms. The molecule has 9 heterocycles. The average Bonchev–Trinajstić information content (AvgIpc) is 3.98. The van der Waals surface area contributed by atoms with E-state index < -0.39 is 0 Å². The Labute approximate surface area is 297 Å². The maximum absolute atomic E-state index is 5.20. The molecule has 0 spiro atoms. The molecular weight excluding hydrogens is 664 g/mol. The summed E-state index contributed by atoms with van der Waals surface area (Å²) in [6.45, 7) is 0. The topological polar surface area (TPSA) is 137 Å². The number of rotatable bonds is 4. The van der Waals surface area contributed by atoms with Gasteiger partial charge in [0, 0.05) is 47.0 Å². The minimum Gasteiger partial charge on any atom is -0.657 e. The molecule has 9 rings (SSSR count). The van der Waals surface area contributed by atoms with Crippen LogP contribution < -0.4 is 9.97 Å². The third kappa shape index (κ3) is 5.73. The van der Waals surface area contributed by atoms with Crippen molar-refractivity contribution in [2.45, 2.75) is 0 Å². The van der Waals surface area contributed by atoms with Gasteiger partial charge in [-0.25, -0.2) is 9.97 Å². The molecule has 0 unspecified atom stereocenters. The Kier molecular flexibility index (Phi) is 8.81. The zero-order chi connectivity index (χ0) is 31.9. The first-order valence-corrected chi connectivity index (χ1v) is 15.5. The third-order valence-corrected chi connectivity index (χ3v) is 8.29. The van der Waals surface area contributed by atoms with E-state index >= 15 is 0 Å². The van der Waals surface area contributed by atoms with Crippen LogP contribution >= 0.6 is 0 Å². The fourth-order valence-corrected chi connectivity index (χ4v) is 6.18. The van der Waals surface area contributed by atoms with Crippen LogP contribution in [0.25, 0.3) is 91.4 Å². The molecule has 8 bridgehead atoms. The van der Waals surface area contributed by atoms with Gasteiger partial charge in [0.2, 0.25) is 0 Å². The van der Waals surface area contributed by atoms with Gasteiger partial charge in [0.1, 0.15) is 0 Å². The van der Waals surface area contributed by atoms with Crippen molar-refractivity contribution in [2.75, 3.05) is 0 Å². The number of aromatic nitrogens is 8. The second-order valence-electron chi connectivity index (χ2n) is 11.2. The van der Waals surface area contributed by atoms with Gasteiger partial charge in [0.15, 0.2) is 0 Å². The third-order valence-electron chi connectivity index (χ3n) is 8.29. The van der Waals surface area contributed by atoms with E-state index in [1.165, 1.54) is 0 Å².